The van der Waals surface area contributed by atoms with Crippen LogP contribution in [-0.4, -0.2) is 24.4 Å². The molecule has 0 fully saturated rings. The van der Waals surface area contributed by atoms with Crippen LogP contribution in [0.4, 0.5) is 5.69 Å². The first kappa shape index (κ1) is 16.8. The Labute approximate surface area is 149 Å². The Morgan fingerprint density at radius 3 is 2.79 bits per heavy atom. The molecule has 1 amide bonds. The molecule has 1 atom stereocenters. The zero-order valence-electron chi connectivity index (χ0n) is 12.8. The summed E-state index contributed by atoms with van der Waals surface area (Å²) >= 11 is 12.5. The number of carbonyl (C=O) groups excluding carboxylic acids is 1. The minimum absolute atomic E-state index is 0.376. The second-order valence-electron chi connectivity index (χ2n) is 5.15. The van der Waals surface area contributed by atoms with Gasteiger partial charge in [0.2, 0.25) is 0 Å². The zero-order chi connectivity index (χ0) is 17.3. The molecule has 0 radical (unpaired) electrons. The second kappa shape index (κ2) is 6.81. The van der Waals surface area contributed by atoms with Gasteiger partial charge < -0.3 is 15.8 Å². The second-order valence-corrected chi connectivity index (χ2v) is 5.99. The third kappa shape index (κ3) is 3.11. The highest BCUT2D eigenvalue weighted by molar-refractivity contribution is 6.39. The van der Waals surface area contributed by atoms with Crippen molar-refractivity contribution in [2.45, 2.75) is 13.1 Å². The fourth-order valence-electron chi connectivity index (χ4n) is 2.52. The lowest BCUT2D eigenvalue weighted by Crippen LogP contribution is -2.33. The predicted molar refractivity (Wildman–Crippen MR) is 96.3 cm³/mol. The van der Waals surface area contributed by atoms with E-state index in [0.717, 1.165) is 0 Å². The summed E-state index contributed by atoms with van der Waals surface area (Å²) in [4.78, 5) is 16.5. The number of nitrogens with one attached hydrogen (secondary N) is 1. The smallest absolute Gasteiger partial charge is 0.263 e. The van der Waals surface area contributed by atoms with E-state index in [4.69, 9.17) is 33.7 Å². The number of benzene rings is 2. The highest BCUT2D eigenvalue weighted by Crippen LogP contribution is 2.35. The van der Waals surface area contributed by atoms with E-state index in [-0.39, 0.29) is 5.91 Å². The molecular formula is C17H15Cl2N3O2. The summed E-state index contributed by atoms with van der Waals surface area (Å²) in [7, 11) is 0. The van der Waals surface area contributed by atoms with Crippen LogP contribution in [0.5, 0.6) is 5.75 Å². The molecule has 0 aliphatic carbocycles. The van der Waals surface area contributed by atoms with Crippen molar-refractivity contribution in [2.24, 2.45) is 10.7 Å². The van der Waals surface area contributed by atoms with E-state index in [2.05, 4.69) is 10.3 Å². The molecular weight excluding hydrogens is 349 g/mol. The van der Waals surface area contributed by atoms with Gasteiger partial charge in [0.1, 0.15) is 5.75 Å². The maximum absolute atomic E-state index is 12.1. The quantitative estimate of drug-likeness (QED) is 0.876. The Morgan fingerprint density at radius 1 is 1.29 bits per heavy atom. The molecule has 1 aliphatic rings. The van der Waals surface area contributed by atoms with E-state index in [0.29, 0.717) is 44.9 Å². The molecule has 24 heavy (non-hydrogen) atoms. The van der Waals surface area contributed by atoms with Crippen LogP contribution in [0.15, 0.2) is 41.4 Å². The van der Waals surface area contributed by atoms with Crippen LogP contribution in [0.25, 0.3) is 0 Å². The number of hydrogen-bond acceptors (Lipinski definition) is 4. The molecule has 1 aliphatic heterocycles. The van der Waals surface area contributed by atoms with E-state index >= 15 is 0 Å². The number of aliphatic imine (C=N–C) groups is 1. The molecule has 3 rings (SSSR count). The van der Waals surface area contributed by atoms with Gasteiger partial charge in [-0.25, -0.2) is 0 Å². The molecule has 0 saturated heterocycles. The van der Waals surface area contributed by atoms with Crippen LogP contribution in [-0.2, 0) is 4.79 Å². The Balaban J connectivity index is 2.28. The Morgan fingerprint density at radius 2 is 2.04 bits per heavy atom. The molecule has 7 heteroatoms. The zero-order valence-corrected chi connectivity index (χ0v) is 14.4. The van der Waals surface area contributed by atoms with Gasteiger partial charge in [0.15, 0.2) is 6.17 Å². The van der Waals surface area contributed by atoms with Crippen LogP contribution in [0.1, 0.15) is 18.1 Å². The number of para-hydroxylation sites is 1. The van der Waals surface area contributed by atoms with Gasteiger partial charge in [0.25, 0.3) is 5.91 Å². The topological polar surface area (TPSA) is 76.7 Å². The van der Waals surface area contributed by atoms with Gasteiger partial charge in [0.05, 0.1) is 28.6 Å². The van der Waals surface area contributed by atoms with Gasteiger partial charge in [-0.2, -0.15) is 0 Å². The number of fused-ring (bicyclic) bond motifs is 1. The average Bonchev–Trinajstić information content (AvgIpc) is 2.65. The number of nitrogens with zero attached hydrogens (tertiary/aromatic N) is 1. The summed E-state index contributed by atoms with van der Waals surface area (Å²) in [6.45, 7) is 2.29. The molecule has 0 aromatic heterocycles. The van der Waals surface area contributed by atoms with Crippen LogP contribution >= 0.6 is 23.2 Å². The Kier molecular flexibility index (Phi) is 4.76. The van der Waals surface area contributed by atoms with Crippen molar-refractivity contribution in [1.29, 1.82) is 0 Å². The minimum Gasteiger partial charge on any atom is -0.493 e. The molecule has 1 heterocycles. The van der Waals surface area contributed by atoms with E-state index in [1.165, 1.54) is 0 Å². The van der Waals surface area contributed by atoms with E-state index in [9.17, 15) is 4.79 Å². The summed E-state index contributed by atoms with van der Waals surface area (Å²) in [5.74, 6) is 0.102. The number of anilines is 1. The van der Waals surface area contributed by atoms with Crippen molar-refractivity contribution in [2.75, 3.05) is 11.9 Å². The number of benzodiazepines with no additional fused rings is 1. The van der Waals surface area contributed by atoms with Crippen LogP contribution in [0, 0.1) is 0 Å². The number of rotatable bonds is 3. The van der Waals surface area contributed by atoms with Gasteiger partial charge in [-0.05, 0) is 25.1 Å². The van der Waals surface area contributed by atoms with Gasteiger partial charge in [-0.3, -0.25) is 9.79 Å². The van der Waals surface area contributed by atoms with Crippen LogP contribution in [0.2, 0.25) is 10.0 Å². The largest absolute Gasteiger partial charge is 0.493 e. The number of nitrogens with two attached hydrogens (primary N) is 1. The molecule has 3 N–H and O–H groups in total. The molecule has 2 aromatic carbocycles. The molecule has 0 bridgehead atoms. The van der Waals surface area contributed by atoms with Crippen LogP contribution < -0.4 is 15.8 Å². The first-order valence-electron chi connectivity index (χ1n) is 7.37. The third-order valence-electron chi connectivity index (χ3n) is 3.53. The summed E-state index contributed by atoms with van der Waals surface area (Å²) in [6, 6.07) is 10.6. The molecule has 124 valence electrons. The monoisotopic (exact) mass is 363 g/mol. The summed E-state index contributed by atoms with van der Waals surface area (Å²) in [5.41, 5.74) is 8.25. The highest BCUT2D eigenvalue weighted by Gasteiger charge is 2.26. The van der Waals surface area contributed by atoms with E-state index in [1.807, 2.05) is 25.1 Å². The normalized spacial score (nSPS) is 16.8. The number of amides is 1. The summed E-state index contributed by atoms with van der Waals surface area (Å²) < 4.78 is 5.67. The Bertz CT molecular complexity index is 837. The number of ether oxygens (including phenoxy) is 1. The molecule has 1 unspecified atom stereocenters. The summed E-state index contributed by atoms with van der Waals surface area (Å²) in [6.07, 6.45) is -1.05. The third-order valence-corrected chi connectivity index (χ3v) is 4.05. The standard InChI is InChI=1S/C17H15Cl2N3O2/c1-2-24-13-8-9(18)7-11(19)14(13)15-10-5-3-4-6-12(10)21-17(23)16(20)22-15/h3-8,16H,2,20H2,1H3,(H,21,23). The van der Waals surface area contributed by atoms with Gasteiger partial charge in [0, 0.05) is 10.6 Å². The van der Waals surface area contributed by atoms with Crippen molar-refractivity contribution in [1.82, 2.24) is 0 Å². The predicted octanol–water partition coefficient (Wildman–Crippen LogP) is 3.47. The van der Waals surface area contributed by atoms with Crippen molar-refractivity contribution < 1.29 is 9.53 Å². The SMILES string of the molecule is CCOc1cc(Cl)cc(Cl)c1C1=NC(N)C(=O)Nc2ccccc21. The molecule has 0 saturated carbocycles. The van der Waals surface area contributed by atoms with Gasteiger partial charge in [-0.1, -0.05) is 41.4 Å². The first-order valence-corrected chi connectivity index (χ1v) is 8.12. The maximum Gasteiger partial charge on any atom is 0.263 e. The summed E-state index contributed by atoms with van der Waals surface area (Å²) in [5, 5.41) is 3.59. The first-order chi connectivity index (χ1) is 11.5. The van der Waals surface area contributed by atoms with Crippen molar-refractivity contribution in [3.63, 3.8) is 0 Å². The van der Waals surface area contributed by atoms with E-state index < -0.39 is 6.17 Å². The molecule has 2 aromatic rings. The fourth-order valence-corrected chi connectivity index (χ4v) is 3.09. The average molecular weight is 364 g/mol. The lowest BCUT2D eigenvalue weighted by Gasteiger charge is -2.16. The van der Waals surface area contributed by atoms with Crippen molar-refractivity contribution in [3.05, 3.63) is 57.6 Å². The minimum atomic E-state index is -1.05. The lowest BCUT2D eigenvalue weighted by molar-refractivity contribution is -0.117. The number of hydrogen-bond donors (Lipinski definition) is 2. The number of halogens is 2. The van der Waals surface area contributed by atoms with Crippen LogP contribution in [0.3, 0.4) is 0 Å². The van der Waals surface area contributed by atoms with Gasteiger partial charge >= 0.3 is 0 Å². The van der Waals surface area contributed by atoms with Crippen molar-refractivity contribution in [3.8, 4) is 5.75 Å². The fraction of sp³-hybridized carbons (Fsp3) is 0.176. The Hall–Kier alpha value is -2.08. The molecule has 5 nitrogen and oxygen atoms in total. The van der Waals surface area contributed by atoms with E-state index in [1.54, 1.807) is 18.2 Å². The van der Waals surface area contributed by atoms with Gasteiger partial charge in [-0.15, -0.1) is 0 Å². The maximum atomic E-state index is 12.1. The molecule has 0 spiro atoms. The van der Waals surface area contributed by atoms with Crippen molar-refractivity contribution >= 4 is 40.5 Å². The number of carbonyl (C=O) groups is 1. The lowest BCUT2D eigenvalue weighted by atomic mass is 9.99. The highest BCUT2D eigenvalue weighted by atomic mass is 35.5.